The van der Waals surface area contributed by atoms with Gasteiger partial charge in [0.05, 0.1) is 24.9 Å². The van der Waals surface area contributed by atoms with Crippen LogP contribution in [0.3, 0.4) is 0 Å². The molecular weight excluding hydrogens is 178 g/mol. The molecule has 0 aliphatic carbocycles. The molecule has 4 nitrogen and oxygen atoms in total. The summed E-state index contributed by atoms with van der Waals surface area (Å²) in [5.41, 5.74) is 0. The molecule has 1 aliphatic heterocycles. The van der Waals surface area contributed by atoms with Crippen LogP contribution in [0.1, 0.15) is 0 Å². The molecule has 0 bridgehead atoms. The van der Waals surface area contributed by atoms with E-state index in [0.29, 0.717) is 18.8 Å². The van der Waals surface area contributed by atoms with Gasteiger partial charge in [-0.1, -0.05) is 0 Å². The molecule has 1 heterocycles. The number of nitrogens with zero attached hydrogens (tertiary/aromatic N) is 1. The van der Waals surface area contributed by atoms with E-state index in [9.17, 15) is 10.2 Å². The van der Waals surface area contributed by atoms with Gasteiger partial charge in [0.15, 0.2) is 0 Å². The first-order chi connectivity index (χ1) is 5.70. The lowest BCUT2D eigenvalue weighted by molar-refractivity contribution is 0.0222. The third-order valence-electron chi connectivity index (χ3n) is 2.25. The monoisotopic (exact) mass is 193 g/mol. The molecule has 0 saturated carbocycles. The van der Waals surface area contributed by atoms with Gasteiger partial charge in [-0.2, -0.15) is 12.6 Å². The Kier molecular flexibility index (Phi) is 3.79. The van der Waals surface area contributed by atoms with E-state index in [-0.39, 0.29) is 12.6 Å². The molecule has 0 spiro atoms. The van der Waals surface area contributed by atoms with Gasteiger partial charge in [0.2, 0.25) is 0 Å². The maximum absolute atomic E-state index is 9.38. The van der Waals surface area contributed by atoms with Gasteiger partial charge in [0, 0.05) is 18.8 Å². The lowest BCUT2D eigenvalue weighted by atomic mass is 10.1. The molecule has 0 amide bonds. The Hall–Kier alpha value is 0.190. The van der Waals surface area contributed by atoms with Crippen molar-refractivity contribution in [1.29, 1.82) is 0 Å². The number of hydrogen-bond acceptors (Lipinski definition) is 5. The predicted molar refractivity (Wildman–Crippen MR) is 48.3 cm³/mol. The summed E-state index contributed by atoms with van der Waals surface area (Å²) >= 11 is 4.05. The average Bonchev–Trinajstić information content (AvgIpc) is 2.29. The smallest absolute Gasteiger partial charge is 0.0988 e. The maximum atomic E-state index is 9.38. The Morgan fingerprint density at radius 2 is 2.08 bits per heavy atom. The molecule has 1 saturated heterocycles. The van der Waals surface area contributed by atoms with Crippen molar-refractivity contribution in [3.8, 4) is 0 Å². The largest absolute Gasteiger partial charge is 0.395 e. The fourth-order valence-electron chi connectivity index (χ4n) is 1.57. The second kappa shape index (κ2) is 4.43. The van der Waals surface area contributed by atoms with Gasteiger partial charge in [-0.3, -0.25) is 4.90 Å². The Bertz CT molecular complexity index is 147. The van der Waals surface area contributed by atoms with Crippen LogP contribution < -0.4 is 0 Å². The van der Waals surface area contributed by atoms with Crippen molar-refractivity contribution in [2.75, 3.05) is 25.4 Å². The minimum absolute atomic E-state index is 0.119. The summed E-state index contributed by atoms with van der Waals surface area (Å²) in [4.78, 5) is 1.85. The van der Waals surface area contributed by atoms with E-state index in [1.807, 2.05) is 4.90 Å². The minimum atomic E-state index is -0.824. The van der Waals surface area contributed by atoms with E-state index in [1.165, 1.54) is 0 Å². The number of aliphatic hydroxyl groups is 3. The van der Waals surface area contributed by atoms with Crippen molar-refractivity contribution in [3.05, 3.63) is 0 Å². The number of β-amino-alcohol motifs (C(OH)–C–C–N with tert-alkyl or cyclic N) is 1. The summed E-state index contributed by atoms with van der Waals surface area (Å²) < 4.78 is 0. The standard InChI is InChI=1S/C7H15NO3S/c9-4-5-7(11)6(10)3-8(5)1-2-12/h5-7,9-12H,1-4H2/t5-,6-,7+/m0/s1. The zero-order valence-electron chi connectivity index (χ0n) is 6.80. The van der Waals surface area contributed by atoms with E-state index in [2.05, 4.69) is 12.6 Å². The molecule has 0 aromatic rings. The maximum Gasteiger partial charge on any atom is 0.0988 e. The molecule has 0 aromatic heterocycles. The SMILES string of the molecule is OC[C@H]1[C@@H](O)[C@@H](O)CN1CCS. The van der Waals surface area contributed by atoms with Crippen LogP contribution in [0.15, 0.2) is 0 Å². The third-order valence-corrected chi connectivity index (χ3v) is 2.45. The Morgan fingerprint density at radius 1 is 1.42 bits per heavy atom. The highest BCUT2D eigenvalue weighted by Gasteiger charge is 2.38. The highest BCUT2D eigenvalue weighted by Crippen LogP contribution is 2.17. The normalized spacial score (nSPS) is 37.5. The fourth-order valence-corrected chi connectivity index (χ4v) is 1.82. The summed E-state index contributed by atoms with van der Waals surface area (Å²) in [6.07, 6.45) is -1.56. The molecule has 0 unspecified atom stereocenters. The summed E-state index contributed by atoms with van der Waals surface area (Å²) in [7, 11) is 0. The van der Waals surface area contributed by atoms with Crippen LogP contribution in [0.2, 0.25) is 0 Å². The summed E-state index contributed by atoms with van der Waals surface area (Å²) in [6.45, 7) is 0.988. The van der Waals surface area contributed by atoms with Gasteiger partial charge < -0.3 is 15.3 Å². The van der Waals surface area contributed by atoms with E-state index >= 15 is 0 Å². The van der Waals surface area contributed by atoms with Crippen molar-refractivity contribution in [1.82, 2.24) is 4.90 Å². The van der Waals surface area contributed by atoms with Gasteiger partial charge in [-0.05, 0) is 0 Å². The number of hydrogen-bond donors (Lipinski definition) is 4. The molecule has 3 atom stereocenters. The first kappa shape index (κ1) is 10.3. The van der Waals surface area contributed by atoms with Gasteiger partial charge in [0.25, 0.3) is 0 Å². The molecule has 3 N–H and O–H groups in total. The minimum Gasteiger partial charge on any atom is -0.395 e. The first-order valence-corrected chi connectivity index (χ1v) is 4.66. The zero-order chi connectivity index (χ0) is 9.14. The fraction of sp³-hybridized carbons (Fsp3) is 1.00. The lowest BCUT2D eigenvalue weighted by Gasteiger charge is -2.22. The van der Waals surface area contributed by atoms with Gasteiger partial charge in [-0.15, -0.1) is 0 Å². The summed E-state index contributed by atoms with van der Waals surface area (Å²) in [5.74, 6) is 0.663. The van der Waals surface area contributed by atoms with Crippen molar-refractivity contribution in [3.63, 3.8) is 0 Å². The molecule has 1 aliphatic rings. The highest BCUT2D eigenvalue weighted by molar-refractivity contribution is 7.80. The van der Waals surface area contributed by atoms with Gasteiger partial charge >= 0.3 is 0 Å². The highest BCUT2D eigenvalue weighted by atomic mass is 32.1. The molecule has 0 aromatic carbocycles. The number of aliphatic hydroxyl groups excluding tert-OH is 3. The lowest BCUT2D eigenvalue weighted by Crippen LogP contribution is -2.39. The Balaban J connectivity index is 2.52. The van der Waals surface area contributed by atoms with Crippen LogP contribution in [0, 0.1) is 0 Å². The van der Waals surface area contributed by atoms with Crippen LogP contribution in [0.5, 0.6) is 0 Å². The third kappa shape index (κ3) is 1.92. The summed E-state index contributed by atoms with van der Waals surface area (Å²) in [5, 5.41) is 27.6. The van der Waals surface area contributed by atoms with E-state index in [1.54, 1.807) is 0 Å². The van der Waals surface area contributed by atoms with Crippen LogP contribution in [-0.2, 0) is 0 Å². The number of thiol groups is 1. The first-order valence-electron chi connectivity index (χ1n) is 4.02. The van der Waals surface area contributed by atoms with Crippen molar-refractivity contribution < 1.29 is 15.3 Å². The van der Waals surface area contributed by atoms with Crippen LogP contribution in [0.4, 0.5) is 0 Å². The molecule has 1 rings (SSSR count). The number of likely N-dealkylation sites (tertiary alicyclic amines) is 1. The molecule has 5 heteroatoms. The van der Waals surface area contributed by atoms with Crippen LogP contribution >= 0.6 is 12.6 Å². The number of rotatable bonds is 3. The van der Waals surface area contributed by atoms with Gasteiger partial charge in [-0.25, -0.2) is 0 Å². The van der Waals surface area contributed by atoms with E-state index in [0.717, 1.165) is 0 Å². The van der Waals surface area contributed by atoms with Crippen molar-refractivity contribution in [2.45, 2.75) is 18.2 Å². The zero-order valence-corrected chi connectivity index (χ0v) is 7.69. The molecule has 0 radical (unpaired) electrons. The second-order valence-electron chi connectivity index (χ2n) is 3.03. The average molecular weight is 193 g/mol. The van der Waals surface area contributed by atoms with Gasteiger partial charge in [0.1, 0.15) is 0 Å². The topological polar surface area (TPSA) is 63.9 Å². The Morgan fingerprint density at radius 3 is 2.58 bits per heavy atom. The van der Waals surface area contributed by atoms with E-state index < -0.39 is 12.2 Å². The second-order valence-corrected chi connectivity index (χ2v) is 3.47. The van der Waals surface area contributed by atoms with Crippen molar-refractivity contribution in [2.24, 2.45) is 0 Å². The van der Waals surface area contributed by atoms with E-state index in [4.69, 9.17) is 5.11 Å². The van der Waals surface area contributed by atoms with Crippen molar-refractivity contribution >= 4 is 12.6 Å². The predicted octanol–water partition coefficient (Wildman–Crippen LogP) is -1.69. The quantitative estimate of drug-likeness (QED) is 0.404. The van der Waals surface area contributed by atoms with Crippen LogP contribution in [-0.4, -0.2) is 63.9 Å². The Labute approximate surface area is 77.2 Å². The summed E-state index contributed by atoms with van der Waals surface area (Å²) in [6, 6.07) is -0.327. The molecule has 1 fully saturated rings. The van der Waals surface area contributed by atoms with Crippen LogP contribution in [0.25, 0.3) is 0 Å². The molecule has 12 heavy (non-hydrogen) atoms. The molecule has 72 valence electrons. The molecular formula is C7H15NO3S.